The molecule has 0 N–H and O–H groups in total. The third-order valence-corrected chi connectivity index (χ3v) is 6.14. The summed E-state index contributed by atoms with van der Waals surface area (Å²) in [5.41, 5.74) is 3.34. The predicted octanol–water partition coefficient (Wildman–Crippen LogP) is 3.58. The van der Waals surface area contributed by atoms with Crippen LogP contribution in [0.5, 0.6) is 0 Å². The van der Waals surface area contributed by atoms with Gasteiger partial charge in [0.1, 0.15) is 5.82 Å². The van der Waals surface area contributed by atoms with Crippen molar-refractivity contribution >= 4 is 29.0 Å². The lowest BCUT2D eigenvalue weighted by molar-refractivity contribution is -0.117. The number of pyridine rings is 1. The van der Waals surface area contributed by atoms with Crippen molar-refractivity contribution in [2.75, 3.05) is 47.5 Å². The number of carbonyl (C=O) groups excluding carboxylic acids is 2. The normalized spacial score (nSPS) is 18.2. The first-order chi connectivity index (χ1) is 16.0. The van der Waals surface area contributed by atoms with Crippen molar-refractivity contribution in [2.45, 2.75) is 19.9 Å². The van der Waals surface area contributed by atoms with Gasteiger partial charge < -0.3 is 23.9 Å². The van der Waals surface area contributed by atoms with Crippen LogP contribution >= 0.6 is 0 Å². The number of hydrogen-bond donors (Lipinski definition) is 0. The third-order valence-electron chi connectivity index (χ3n) is 6.14. The fraction of sp³-hybridized carbons (Fsp3) is 0.320. The zero-order valence-electron chi connectivity index (χ0n) is 18.7. The summed E-state index contributed by atoms with van der Waals surface area (Å²) in [6, 6.07) is 13.1. The number of anilines is 3. The van der Waals surface area contributed by atoms with Gasteiger partial charge >= 0.3 is 0 Å². The maximum absolute atomic E-state index is 13.3. The molecule has 2 aromatic heterocycles. The molecule has 0 bridgehead atoms. The summed E-state index contributed by atoms with van der Waals surface area (Å²) in [6.45, 7) is 6.86. The van der Waals surface area contributed by atoms with Crippen LogP contribution in [0.2, 0.25) is 0 Å². The number of morpholine rings is 1. The summed E-state index contributed by atoms with van der Waals surface area (Å²) in [6.07, 6.45) is 3.29. The first kappa shape index (κ1) is 21.2. The van der Waals surface area contributed by atoms with E-state index in [1.165, 1.54) is 6.26 Å². The van der Waals surface area contributed by atoms with E-state index in [1.54, 1.807) is 35.1 Å². The lowest BCUT2D eigenvalue weighted by Crippen LogP contribution is -2.51. The molecule has 0 aliphatic carbocycles. The van der Waals surface area contributed by atoms with Crippen LogP contribution < -0.4 is 14.7 Å². The average molecular weight is 447 g/mol. The number of carbonyl (C=O) groups is 2. The molecule has 4 heterocycles. The molecule has 1 aromatic carbocycles. The van der Waals surface area contributed by atoms with Crippen LogP contribution in [-0.4, -0.2) is 55.7 Å². The van der Waals surface area contributed by atoms with E-state index in [2.05, 4.69) is 16.0 Å². The highest BCUT2D eigenvalue weighted by Crippen LogP contribution is 2.40. The van der Waals surface area contributed by atoms with Crippen LogP contribution in [0, 0.1) is 0 Å². The lowest BCUT2D eigenvalue weighted by Gasteiger charge is -2.40. The zero-order chi connectivity index (χ0) is 22.9. The number of furan rings is 1. The Bertz CT molecular complexity index is 1170. The van der Waals surface area contributed by atoms with Gasteiger partial charge in [-0.1, -0.05) is 6.07 Å². The molecule has 5 rings (SSSR count). The molecule has 1 atom stereocenters. The fourth-order valence-corrected chi connectivity index (χ4v) is 4.57. The molecule has 3 aromatic rings. The Morgan fingerprint density at radius 1 is 1.03 bits per heavy atom. The average Bonchev–Trinajstić information content (AvgIpc) is 3.38. The van der Waals surface area contributed by atoms with E-state index in [9.17, 15) is 9.59 Å². The Hall–Kier alpha value is -3.65. The Morgan fingerprint density at radius 3 is 2.55 bits per heavy atom. The van der Waals surface area contributed by atoms with E-state index in [-0.39, 0.29) is 23.6 Å². The summed E-state index contributed by atoms with van der Waals surface area (Å²) in [7, 11) is 0. The van der Waals surface area contributed by atoms with E-state index < -0.39 is 0 Å². The maximum atomic E-state index is 13.3. The van der Waals surface area contributed by atoms with Gasteiger partial charge in [0.05, 0.1) is 36.9 Å². The van der Waals surface area contributed by atoms with Crippen molar-refractivity contribution in [3.05, 3.63) is 60.7 Å². The van der Waals surface area contributed by atoms with E-state index >= 15 is 0 Å². The largest absolute Gasteiger partial charge is 0.459 e. The maximum Gasteiger partial charge on any atom is 0.294 e. The molecule has 0 radical (unpaired) electrons. The molecular formula is C25H26N4O4. The summed E-state index contributed by atoms with van der Waals surface area (Å²) in [4.78, 5) is 35.9. The van der Waals surface area contributed by atoms with Crippen molar-refractivity contribution in [1.82, 2.24) is 4.98 Å². The highest BCUT2D eigenvalue weighted by Gasteiger charge is 2.35. The van der Waals surface area contributed by atoms with Gasteiger partial charge in [-0.15, -0.1) is 0 Å². The molecule has 0 spiro atoms. The smallest absolute Gasteiger partial charge is 0.294 e. The van der Waals surface area contributed by atoms with Crippen LogP contribution in [0.4, 0.5) is 17.2 Å². The van der Waals surface area contributed by atoms with Crippen molar-refractivity contribution in [1.29, 1.82) is 0 Å². The number of fused-ring (bicyclic) bond motifs is 1. The minimum absolute atomic E-state index is 0.0555. The Morgan fingerprint density at radius 2 is 1.82 bits per heavy atom. The van der Waals surface area contributed by atoms with Gasteiger partial charge in [-0.05, 0) is 54.4 Å². The first-order valence-electron chi connectivity index (χ1n) is 11.1. The van der Waals surface area contributed by atoms with Gasteiger partial charge in [-0.25, -0.2) is 4.98 Å². The van der Waals surface area contributed by atoms with Gasteiger partial charge in [0.2, 0.25) is 5.91 Å². The van der Waals surface area contributed by atoms with Gasteiger partial charge in [0.15, 0.2) is 5.76 Å². The highest BCUT2D eigenvalue weighted by molar-refractivity contribution is 6.10. The monoisotopic (exact) mass is 446 g/mol. The van der Waals surface area contributed by atoms with Crippen molar-refractivity contribution in [2.24, 2.45) is 0 Å². The van der Waals surface area contributed by atoms with E-state index in [0.29, 0.717) is 31.1 Å². The first-order valence-corrected chi connectivity index (χ1v) is 11.1. The molecule has 2 aliphatic rings. The Labute approximate surface area is 192 Å². The molecule has 2 aliphatic heterocycles. The SMILES string of the molecule is CC(=O)N1c2ccc(-c3ccnc(N4CCOCC4)c3)cc2N(C(=O)c2ccco2)C[C@@H]1C. The van der Waals surface area contributed by atoms with E-state index in [0.717, 1.165) is 30.0 Å². The van der Waals surface area contributed by atoms with E-state index in [4.69, 9.17) is 9.15 Å². The van der Waals surface area contributed by atoms with Gasteiger partial charge in [0, 0.05) is 32.8 Å². The summed E-state index contributed by atoms with van der Waals surface area (Å²) < 4.78 is 10.8. The molecule has 1 fully saturated rings. The van der Waals surface area contributed by atoms with Gasteiger partial charge in [-0.2, -0.15) is 0 Å². The fourth-order valence-electron chi connectivity index (χ4n) is 4.57. The molecule has 8 nitrogen and oxygen atoms in total. The van der Waals surface area contributed by atoms with Gasteiger partial charge in [0.25, 0.3) is 5.91 Å². The van der Waals surface area contributed by atoms with Crippen LogP contribution in [-0.2, 0) is 9.53 Å². The number of hydrogen-bond acceptors (Lipinski definition) is 6. The van der Waals surface area contributed by atoms with Crippen molar-refractivity contribution in [3.63, 3.8) is 0 Å². The third kappa shape index (κ3) is 3.98. The van der Waals surface area contributed by atoms with Crippen LogP contribution in [0.3, 0.4) is 0 Å². The minimum Gasteiger partial charge on any atom is -0.459 e. The minimum atomic E-state index is -0.225. The Balaban J connectivity index is 1.56. The topological polar surface area (TPSA) is 79.1 Å². The summed E-state index contributed by atoms with van der Waals surface area (Å²) in [5.74, 6) is 0.890. The van der Waals surface area contributed by atoms with Crippen molar-refractivity contribution in [3.8, 4) is 11.1 Å². The molecule has 33 heavy (non-hydrogen) atoms. The molecule has 8 heteroatoms. The Kier molecular flexibility index (Phi) is 5.60. The molecule has 2 amide bonds. The molecular weight excluding hydrogens is 420 g/mol. The number of nitrogens with zero attached hydrogens (tertiary/aromatic N) is 4. The zero-order valence-corrected chi connectivity index (χ0v) is 18.7. The second kappa shape index (κ2) is 8.71. The number of benzene rings is 1. The standard InChI is InChI=1S/C25H26N4O4/c1-17-16-28(25(31)23-4-3-11-33-23)22-14-19(5-6-21(22)29(17)18(2)30)20-7-8-26-24(15-20)27-9-12-32-13-10-27/h3-8,11,14-15,17H,9-10,12-13,16H2,1-2H3/t17-/m0/s1. The molecule has 1 saturated heterocycles. The second-order valence-electron chi connectivity index (χ2n) is 8.34. The van der Waals surface area contributed by atoms with Gasteiger partial charge in [-0.3, -0.25) is 9.59 Å². The highest BCUT2D eigenvalue weighted by atomic mass is 16.5. The number of rotatable bonds is 3. The van der Waals surface area contributed by atoms with Crippen LogP contribution in [0.15, 0.2) is 59.3 Å². The van der Waals surface area contributed by atoms with Crippen LogP contribution in [0.1, 0.15) is 24.4 Å². The van der Waals surface area contributed by atoms with Crippen molar-refractivity contribution < 1.29 is 18.7 Å². The number of amides is 2. The predicted molar refractivity (Wildman–Crippen MR) is 126 cm³/mol. The summed E-state index contributed by atoms with van der Waals surface area (Å²) in [5, 5.41) is 0. The molecule has 0 unspecified atom stereocenters. The number of aromatic nitrogens is 1. The molecule has 170 valence electrons. The summed E-state index contributed by atoms with van der Waals surface area (Å²) >= 11 is 0. The van der Waals surface area contributed by atoms with E-state index in [1.807, 2.05) is 31.2 Å². The van der Waals surface area contributed by atoms with Crippen LogP contribution in [0.25, 0.3) is 11.1 Å². The quantitative estimate of drug-likeness (QED) is 0.612. The lowest BCUT2D eigenvalue weighted by atomic mass is 10.0. The second-order valence-corrected chi connectivity index (χ2v) is 8.34. The molecule has 0 saturated carbocycles. The number of ether oxygens (including phenoxy) is 1.